The lowest BCUT2D eigenvalue weighted by Gasteiger charge is -2.13. The number of imidazole rings is 1. The summed E-state index contributed by atoms with van der Waals surface area (Å²) >= 11 is 0. The van der Waals surface area contributed by atoms with Crippen LogP contribution in [0, 0.1) is 5.82 Å². The van der Waals surface area contributed by atoms with Gasteiger partial charge in [0, 0.05) is 25.1 Å². The summed E-state index contributed by atoms with van der Waals surface area (Å²) in [5, 5.41) is 2.91. The van der Waals surface area contributed by atoms with Crippen LogP contribution >= 0.6 is 0 Å². The smallest absolute Gasteiger partial charge is 0.251 e. The summed E-state index contributed by atoms with van der Waals surface area (Å²) < 4.78 is 26.9. The Kier molecular flexibility index (Phi) is 9.51. The molecule has 1 heterocycles. The van der Waals surface area contributed by atoms with E-state index in [1.165, 1.54) is 24.3 Å². The molecule has 3 aromatic carbocycles. The third kappa shape index (κ3) is 7.00. The summed E-state index contributed by atoms with van der Waals surface area (Å²) in [6.07, 6.45) is 5.97. The van der Waals surface area contributed by atoms with E-state index in [2.05, 4.69) is 22.5 Å². The van der Waals surface area contributed by atoms with Gasteiger partial charge in [0.05, 0.1) is 24.8 Å². The predicted octanol–water partition coefficient (Wildman–Crippen LogP) is 6.13. The quantitative estimate of drug-likeness (QED) is 0.162. The Balaban J connectivity index is 1.29. The highest BCUT2D eigenvalue weighted by Gasteiger charge is 2.11. The van der Waals surface area contributed by atoms with Gasteiger partial charge in [-0.25, -0.2) is 9.37 Å². The molecule has 0 bridgehead atoms. The van der Waals surface area contributed by atoms with Crippen LogP contribution in [0.2, 0.25) is 0 Å². The molecule has 1 amide bonds. The number of amides is 1. The van der Waals surface area contributed by atoms with Crippen LogP contribution in [0.3, 0.4) is 0 Å². The van der Waals surface area contributed by atoms with Crippen LogP contribution in [0.4, 0.5) is 4.39 Å². The van der Waals surface area contributed by atoms with Gasteiger partial charge >= 0.3 is 0 Å². The lowest BCUT2D eigenvalue weighted by atomic mass is 10.1. The number of carbonyl (C=O) groups excluding carboxylic acids is 1. The molecular weight excluding hydrogens is 481 g/mol. The Bertz CT molecular complexity index is 1360. The van der Waals surface area contributed by atoms with Crippen molar-refractivity contribution in [2.45, 2.75) is 38.6 Å². The minimum absolute atomic E-state index is 0.203. The largest absolute Gasteiger partial charge is 0.493 e. The van der Waals surface area contributed by atoms with E-state index >= 15 is 0 Å². The molecule has 0 spiro atoms. The number of fused-ring (bicyclic) bond motifs is 1. The lowest BCUT2D eigenvalue weighted by Crippen LogP contribution is -2.25. The van der Waals surface area contributed by atoms with Gasteiger partial charge in [-0.1, -0.05) is 24.3 Å². The van der Waals surface area contributed by atoms with Gasteiger partial charge in [0.2, 0.25) is 0 Å². The maximum Gasteiger partial charge on any atom is 0.251 e. The highest BCUT2D eigenvalue weighted by molar-refractivity contribution is 5.94. The fraction of sp³-hybridized carbons (Fsp3) is 0.290. The van der Waals surface area contributed by atoms with Gasteiger partial charge in [-0.15, -0.1) is 6.58 Å². The van der Waals surface area contributed by atoms with Crippen molar-refractivity contribution in [2.75, 3.05) is 20.3 Å². The number of para-hydroxylation sites is 2. The maximum absolute atomic E-state index is 13.1. The van der Waals surface area contributed by atoms with Gasteiger partial charge < -0.3 is 19.4 Å². The Morgan fingerprint density at radius 3 is 2.66 bits per heavy atom. The summed E-state index contributed by atoms with van der Waals surface area (Å²) in [4.78, 5) is 17.1. The average Bonchev–Trinajstić information content (AvgIpc) is 3.29. The van der Waals surface area contributed by atoms with Crippen molar-refractivity contribution in [3.05, 3.63) is 102 Å². The second kappa shape index (κ2) is 13.4. The number of ether oxygens (including phenoxy) is 2. The molecule has 0 aliphatic rings. The van der Waals surface area contributed by atoms with Gasteiger partial charge in [-0.05, 0) is 79.8 Å². The number of unbranched alkanes of at least 4 members (excludes halogenated alkanes) is 1. The standard InChI is InChI=1S/C31H34FN3O3/c1-3-9-23-13-18-28(29(22-23)37-2)38-21-7-6-20-35-27-11-5-4-10-26(27)34-30(35)12-8-19-33-31(36)24-14-16-25(32)17-15-24/h3-5,10-11,13-18,22H,1,6-9,12,19-21H2,2H3,(H,33,36). The first-order valence-corrected chi connectivity index (χ1v) is 13.0. The number of carbonyl (C=O) groups is 1. The van der Waals surface area contributed by atoms with Crippen molar-refractivity contribution in [2.24, 2.45) is 0 Å². The van der Waals surface area contributed by atoms with Gasteiger partial charge in [0.1, 0.15) is 11.6 Å². The number of hydrogen-bond donors (Lipinski definition) is 1. The van der Waals surface area contributed by atoms with Crippen LogP contribution in [-0.2, 0) is 19.4 Å². The number of allylic oxidation sites excluding steroid dienone is 1. The molecule has 0 saturated carbocycles. The monoisotopic (exact) mass is 515 g/mol. The fourth-order valence-electron chi connectivity index (χ4n) is 4.40. The van der Waals surface area contributed by atoms with Gasteiger partial charge in [-0.3, -0.25) is 4.79 Å². The molecule has 38 heavy (non-hydrogen) atoms. The summed E-state index contributed by atoms with van der Waals surface area (Å²) in [6, 6.07) is 19.7. The molecule has 1 N–H and O–H groups in total. The number of nitrogens with zero attached hydrogens (tertiary/aromatic N) is 2. The van der Waals surface area contributed by atoms with Crippen molar-refractivity contribution >= 4 is 16.9 Å². The van der Waals surface area contributed by atoms with E-state index in [4.69, 9.17) is 14.5 Å². The summed E-state index contributed by atoms with van der Waals surface area (Å²) in [5.41, 5.74) is 3.67. The minimum atomic E-state index is -0.357. The highest BCUT2D eigenvalue weighted by Crippen LogP contribution is 2.28. The first kappa shape index (κ1) is 26.9. The molecule has 0 atom stereocenters. The molecule has 4 aromatic rings. The number of methoxy groups -OCH3 is 1. The predicted molar refractivity (Wildman–Crippen MR) is 148 cm³/mol. The van der Waals surface area contributed by atoms with Crippen LogP contribution in [-0.4, -0.2) is 35.7 Å². The van der Waals surface area contributed by atoms with E-state index in [0.717, 1.165) is 72.6 Å². The number of aryl methyl sites for hydroxylation is 2. The van der Waals surface area contributed by atoms with E-state index in [1.807, 2.05) is 42.5 Å². The molecule has 0 aliphatic carbocycles. The number of hydrogen-bond acceptors (Lipinski definition) is 4. The van der Waals surface area contributed by atoms with Crippen LogP contribution in [0.1, 0.15) is 41.0 Å². The van der Waals surface area contributed by atoms with Crippen molar-refractivity contribution in [3.63, 3.8) is 0 Å². The Labute approximate surface area is 223 Å². The third-order valence-electron chi connectivity index (χ3n) is 6.34. The van der Waals surface area contributed by atoms with E-state index in [-0.39, 0.29) is 11.7 Å². The highest BCUT2D eigenvalue weighted by atomic mass is 19.1. The number of halogens is 1. The number of benzene rings is 3. The van der Waals surface area contributed by atoms with Gasteiger partial charge in [0.15, 0.2) is 11.5 Å². The molecule has 1 aromatic heterocycles. The van der Waals surface area contributed by atoms with Crippen LogP contribution in [0.25, 0.3) is 11.0 Å². The second-order valence-corrected chi connectivity index (χ2v) is 9.07. The van der Waals surface area contributed by atoms with Gasteiger partial charge in [-0.2, -0.15) is 0 Å². The second-order valence-electron chi connectivity index (χ2n) is 9.07. The summed E-state index contributed by atoms with van der Waals surface area (Å²) in [7, 11) is 1.65. The first-order valence-electron chi connectivity index (χ1n) is 13.0. The maximum atomic E-state index is 13.1. The Morgan fingerprint density at radius 1 is 1.05 bits per heavy atom. The molecule has 198 valence electrons. The lowest BCUT2D eigenvalue weighted by molar-refractivity contribution is 0.0953. The van der Waals surface area contributed by atoms with E-state index in [1.54, 1.807) is 7.11 Å². The summed E-state index contributed by atoms with van der Waals surface area (Å²) in [5.74, 6) is 1.92. The molecule has 0 fully saturated rings. The molecule has 0 unspecified atom stereocenters. The van der Waals surface area contributed by atoms with Crippen LogP contribution in [0.5, 0.6) is 11.5 Å². The van der Waals surface area contributed by atoms with Crippen LogP contribution in [0.15, 0.2) is 79.4 Å². The first-order chi connectivity index (χ1) is 18.6. The molecule has 4 rings (SSSR count). The number of aromatic nitrogens is 2. The van der Waals surface area contributed by atoms with Crippen molar-refractivity contribution in [3.8, 4) is 11.5 Å². The molecule has 0 radical (unpaired) electrons. The van der Waals surface area contributed by atoms with E-state index in [9.17, 15) is 9.18 Å². The van der Waals surface area contributed by atoms with E-state index < -0.39 is 0 Å². The van der Waals surface area contributed by atoms with Crippen molar-refractivity contribution < 1.29 is 18.7 Å². The summed E-state index contributed by atoms with van der Waals surface area (Å²) in [6.45, 7) is 5.72. The zero-order valence-electron chi connectivity index (χ0n) is 21.8. The van der Waals surface area contributed by atoms with Crippen molar-refractivity contribution in [1.82, 2.24) is 14.9 Å². The van der Waals surface area contributed by atoms with E-state index in [0.29, 0.717) is 18.7 Å². The third-order valence-corrected chi connectivity index (χ3v) is 6.34. The number of rotatable bonds is 14. The normalized spacial score (nSPS) is 10.9. The molecular formula is C31H34FN3O3. The fourth-order valence-corrected chi connectivity index (χ4v) is 4.40. The van der Waals surface area contributed by atoms with Crippen molar-refractivity contribution in [1.29, 1.82) is 0 Å². The Morgan fingerprint density at radius 2 is 1.87 bits per heavy atom. The zero-order chi connectivity index (χ0) is 26.7. The molecule has 0 aliphatic heterocycles. The number of nitrogens with one attached hydrogen (secondary N) is 1. The average molecular weight is 516 g/mol. The van der Waals surface area contributed by atoms with Crippen LogP contribution < -0.4 is 14.8 Å². The molecule has 0 saturated heterocycles. The molecule has 6 nitrogen and oxygen atoms in total. The minimum Gasteiger partial charge on any atom is -0.493 e. The zero-order valence-corrected chi connectivity index (χ0v) is 21.8. The SMILES string of the molecule is C=CCc1ccc(OCCCCn2c(CCCNC(=O)c3ccc(F)cc3)nc3ccccc32)c(OC)c1. The topological polar surface area (TPSA) is 65.4 Å². The Hall–Kier alpha value is -4.13. The molecule has 7 heteroatoms. The van der Waals surface area contributed by atoms with Gasteiger partial charge in [0.25, 0.3) is 5.91 Å².